The molecule has 2 fully saturated rings. The molecule has 0 unspecified atom stereocenters. The number of β-amino-alcohol motifs (C(OH)–C–C–N with tert-alkyl or cyclic N) is 1. The number of nitrogens with zero attached hydrogens (tertiary/aromatic N) is 1. The van der Waals surface area contributed by atoms with Crippen molar-refractivity contribution in [1.82, 2.24) is 4.90 Å². The highest BCUT2D eigenvalue weighted by Crippen LogP contribution is 2.44. The van der Waals surface area contributed by atoms with E-state index >= 15 is 0 Å². The maximum absolute atomic E-state index is 11.9. The molecule has 1 N–H and O–H groups in total. The zero-order valence-corrected chi connectivity index (χ0v) is 11.8. The van der Waals surface area contributed by atoms with Crippen LogP contribution < -0.4 is 4.74 Å². The normalized spacial score (nSPS) is 20.4. The van der Waals surface area contributed by atoms with Gasteiger partial charge >= 0.3 is 0 Å². The predicted octanol–water partition coefficient (Wildman–Crippen LogP) is 1.61. The van der Waals surface area contributed by atoms with Crippen molar-refractivity contribution in [3.05, 3.63) is 29.8 Å². The first-order valence-corrected chi connectivity index (χ1v) is 7.32. The van der Waals surface area contributed by atoms with Crippen LogP contribution in [0, 0.1) is 5.92 Å². The molecule has 1 amide bonds. The van der Waals surface area contributed by atoms with Gasteiger partial charge in [0.25, 0.3) is 5.91 Å². The molecule has 0 bridgehead atoms. The average molecular weight is 275 g/mol. The molecule has 1 saturated carbocycles. The van der Waals surface area contributed by atoms with E-state index in [1.54, 1.807) is 4.90 Å². The summed E-state index contributed by atoms with van der Waals surface area (Å²) in [5.74, 6) is 1.08. The summed E-state index contributed by atoms with van der Waals surface area (Å²) in [5, 5.41) is 10.2. The Morgan fingerprint density at radius 3 is 2.55 bits per heavy atom. The number of amides is 1. The Balaban J connectivity index is 1.45. The van der Waals surface area contributed by atoms with Crippen LogP contribution in [0.5, 0.6) is 5.75 Å². The molecule has 1 aromatic rings. The molecule has 20 heavy (non-hydrogen) atoms. The van der Waals surface area contributed by atoms with E-state index in [1.165, 1.54) is 5.56 Å². The van der Waals surface area contributed by atoms with E-state index in [2.05, 4.69) is 6.92 Å². The minimum atomic E-state index is -0.613. The highest BCUT2D eigenvalue weighted by Gasteiger charge is 2.53. The summed E-state index contributed by atoms with van der Waals surface area (Å²) >= 11 is 0. The van der Waals surface area contributed by atoms with Crippen LogP contribution in [0.25, 0.3) is 0 Å². The highest BCUT2D eigenvalue weighted by atomic mass is 16.5. The molecule has 0 radical (unpaired) electrons. The van der Waals surface area contributed by atoms with Crippen LogP contribution in [-0.4, -0.2) is 41.2 Å². The zero-order valence-electron chi connectivity index (χ0n) is 11.8. The van der Waals surface area contributed by atoms with E-state index in [-0.39, 0.29) is 12.5 Å². The minimum absolute atomic E-state index is 0.0464. The van der Waals surface area contributed by atoms with E-state index in [0.29, 0.717) is 24.8 Å². The third-order valence-electron chi connectivity index (χ3n) is 4.31. The average Bonchev–Trinajstić information content (AvgIpc) is 3.26. The first-order chi connectivity index (χ1) is 9.60. The first kappa shape index (κ1) is 13.4. The van der Waals surface area contributed by atoms with Gasteiger partial charge in [0.2, 0.25) is 0 Å². The maximum atomic E-state index is 11.9. The molecule has 0 spiro atoms. The second-order valence-corrected chi connectivity index (χ2v) is 5.91. The SMILES string of the molecule is CCc1ccc(OCC(=O)N2CC(O)(C3CC3)C2)cc1. The van der Waals surface area contributed by atoms with Gasteiger partial charge in [0.1, 0.15) is 11.4 Å². The number of aliphatic hydroxyl groups is 1. The van der Waals surface area contributed by atoms with Crippen LogP contribution in [0.2, 0.25) is 0 Å². The number of likely N-dealkylation sites (tertiary alicyclic amines) is 1. The van der Waals surface area contributed by atoms with Gasteiger partial charge in [-0.25, -0.2) is 0 Å². The quantitative estimate of drug-likeness (QED) is 0.888. The molecular weight excluding hydrogens is 254 g/mol. The molecule has 108 valence electrons. The first-order valence-electron chi connectivity index (χ1n) is 7.32. The van der Waals surface area contributed by atoms with Crippen molar-refractivity contribution in [2.75, 3.05) is 19.7 Å². The van der Waals surface area contributed by atoms with Crippen LogP contribution in [-0.2, 0) is 11.2 Å². The maximum Gasteiger partial charge on any atom is 0.260 e. The summed E-state index contributed by atoms with van der Waals surface area (Å²) in [5.41, 5.74) is 0.638. The van der Waals surface area contributed by atoms with Gasteiger partial charge in [0.05, 0.1) is 13.1 Å². The van der Waals surface area contributed by atoms with Crippen molar-refractivity contribution in [3.8, 4) is 5.75 Å². The van der Waals surface area contributed by atoms with Crippen molar-refractivity contribution >= 4 is 5.91 Å². The molecule has 0 aromatic heterocycles. The predicted molar refractivity (Wildman–Crippen MR) is 75.6 cm³/mol. The Hall–Kier alpha value is -1.55. The highest BCUT2D eigenvalue weighted by molar-refractivity contribution is 5.79. The van der Waals surface area contributed by atoms with Gasteiger partial charge in [0, 0.05) is 0 Å². The largest absolute Gasteiger partial charge is 0.484 e. The molecule has 4 nitrogen and oxygen atoms in total. The molecule has 1 heterocycles. The lowest BCUT2D eigenvalue weighted by molar-refractivity contribution is -0.161. The standard InChI is InChI=1S/C16H21NO3/c1-2-12-3-7-14(8-4-12)20-9-15(18)17-10-16(19,11-17)13-5-6-13/h3-4,7-8,13,19H,2,5-6,9-11H2,1H3. The summed E-state index contributed by atoms with van der Waals surface area (Å²) in [4.78, 5) is 13.6. The van der Waals surface area contributed by atoms with Gasteiger partial charge in [-0.1, -0.05) is 19.1 Å². The fourth-order valence-electron chi connectivity index (χ4n) is 2.73. The monoisotopic (exact) mass is 275 g/mol. The third kappa shape index (κ3) is 2.66. The molecule has 1 aliphatic carbocycles. The number of aryl methyl sites for hydroxylation is 1. The van der Waals surface area contributed by atoms with Crippen LogP contribution in [0.3, 0.4) is 0 Å². The number of hydrogen-bond donors (Lipinski definition) is 1. The van der Waals surface area contributed by atoms with Crippen molar-refractivity contribution in [1.29, 1.82) is 0 Å². The fraction of sp³-hybridized carbons (Fsp3) is 0.562. The second-order valence-electron chi connectivity index (χ2n) is 5.91. The van der Waals surface area contributed by atoms with Crippen LogP contribution in [0.4, 0.5) is 0 Å². The van der Waals surface area contributed by atoms with E-state index in [0.717, 1.165) is 19.3 Å². The molecule has 1 aliphatic heterocycles. The summed E-state index contributed by atoms with van der Waals surface area (Å²) < 4.78 is 5.50. The lowest BCUT2D eigenvalue weighted by Crippen LogP contribution is -2.65. The number of carbonyl (C=O) groups excluding carboxylic acids is 1. The van der Waals surface area contributed by atoms with Crippen molar-refractivity contribution in [2.24, 2.45) is 5.92 Å². The Labute approximate surface area is 119 Å². The Morgan fingerprint density at radius 2 is 2.00 bits per heavy atom. The Bertz CT molecular complexity index is 487. The summed E-state index contributed by atoms with van der Waals surface area (Å²) in [6.07, 6.45) is 3.18. The van der Waals surface area contributed by atoms with Gasteiger partial charge < -0.3 is 14.7 Å². The van der Waals surface area contributed by atoms with Crippen molar-refractivity contribution in [2.45, 2.75) is 31.8 Å². The molecule has 3 rings (SSSR count). The lowest BCUT2D eigenvalue weighted by atomic mass is 9.89. The van der Waals surface area contributed by atoms with Crippen LogP contribution >= 0.6 is 0 Å². The van der Waals surface area contributed by atoms with Gasteiger partial charge in [-0.15, -0.1) is 0 Å². The van der Waals surface area contributed by atoms with Gasteiger partial charge in [-0.3, -0.25) is 4.79 Å². The molecular formula is C16H21NO3. The van der Waals surface area contributed by atoms with Gasteiger partial charge in [-0.05, 0) is 42.9 Å². The number of carbonyl (C=O) groups is 1. The molecule has 1 saturated heterocycles. The Morgan fingerprint density at radius 1 is 1.35 bits per heavy atom. The van der Waals surface area contributed by atoms with Gasteiger partial charge in [0.15, 0.2) is 6.61 Å². The number of benzene rings is 1. The van der Waals surface area contributed by atoms with E-state index in [1.807, 2.05) is 24.3 Å². The lowest BCUT2D eigenvalue weighted by Gasteiger charge is -2.46. The summed E-state index contributed by atoms with van der Waals surface area (Å²) in [6, 6.07) is 7.80. The molecule has 1 aromatic carbocycles. The second kappa shape index (κ2) is 5.09. The molecule has 2 aliphatic rings. The van der Waals surface area contributed by atoms with Crippen LogP contribution in [0.15, 0.2) is 24.3 Å². The number of ether oxygens (including phenoxy) is 1. The third-order valence-corrected chi connectivity index (χ3v) is 4.31. The number of rotatable bonds is 5. The van der Waals surface area contributed by atoms with Crippen LogP contribution in [0.1, 0.15) is 25.3 Å². The van der Waals surface area contributed by atoms with Crippen molar-refractivity contribution in [3.63, 3.8) is 0 Å². The van der Waals surface area contributed by atoms with E-state index in [4.69, 9.17) is 4.74 Å². The fourth-order valence-corrected chi connectivity index (χ4v) is 2.73. The summed E-state index contributed by atoms with van der Waals surface area (Å²) in [6.45, 7) is 3.08. The van der Waals surface area contributed by atoms with Gasteiger partial charge in [-0.2, -0.15) is 0 Å². The zero-order chi connectivity index (χ0) is 14.2. The Kier molecular flexibility index (Phi) is 3.42. The van der Waals surface area contributed by atoms with E-state index < -0.39 is 5.60 Å². The smallest absolute Gasteiger partial charge is 0.260 e. The minimum Gasteiger partial charge on any atom is -0.484 e. The topological polar surface area (TPSA) is 49.8 Å². The number of hydrogen-bond acceptors (Lipinski definition) is 3. The summed E-state index contributed by atoms with van der Waals surface area (Å²) in [7, 11) is 0. The van der Waals surface area contributed by atoms with Crippen molar-refractivity contribution < 1.29 is 14.6 Å². The molecule has 0 atom stereocenters. The molecule has 4 heteroatoms. The van der Waals surface area contributed by atoms with E-state index in [9.17, 15) is 9.90 Å².